The van der Waals surface area contributed by atoms with Gasteiger partial charge < -0.3 is 9.47 Å². The van der Waals surface area contributed by atoms with E-state index in [4.69, 9.17) is 0 Å². The van der Waals surface area contributed by atoms with Crippen LogP contribution in [0.4, 0.5) is 17.6 Å². The summed E-state index contributed by atoms with van der Waals surface area (Å²) >= 11 is 0. The zero-order chi connectivity index (χ0) is 10.8. The van der Waals surface area contributed by atoms with Crippen molar-refractivity contribution >= 4 is 0 Å². The van der Waals surface area contributed by atoms with Gasteiger partial charge in [-0.3, -0.25) is 0 Å². The van der Waals surface area contributed by atoms with Crippen molar-refractivity contribution in [2.75, 3.05) is 7.11 Å². The molecule has 0 saturated carbocycles. The molecule has 1 aromatic rings. The van der Waals surface area contributed by atoms with Crippen LogP contribution in [0.1, 0.15) is 0 Å². The molecule has 0 unspecified atom stereocenters. The van der Waals surface area contributed by atoms with Crippen LogP contribution < -0.4 is 9.47 Å². The van der Waals surface area contributed by atoms with Crippen LogP contribution in [0.15, 0.2) is 18.2 Å². The molecule has 0 spiro atoms. The molecule has 0 saturated heterocycles. The maximum atomic E-state index is 12.6. The van der Waals surface area contributed by atoms with Crippen LogP contribution in [0.3, 0.4) is 0 Å². The van der Waals surface area contributed by atoms with Crippen molar-refractivity contribution in [2.45, 2.75) is 6.36 Å². The van der Waals surface area contributed by atoms with Crippen LogP contribution in [-0.2, 0) is 0 Å². The first-order valence-electron chi connectivity index (χ1n) is 3.51. The van der Waals surface area contributed by atoms with Crippen molar-refractivity contribution in [3.05, 3.63) is 24.0 Å². The summed E-state index contributed by atoms with van der Waals surface area (Å²) in [5, 5.41) is 0. The van der Waals surface area contributed by atoms with Crippen molar-refractivity contribution in [3.63, 3.8) is 0 Å². The van der Waals surface area contributed by atoms with Gasteiger partial charge in [0.1, 0.15) is 5.82 Å². The molecule has 0 aromatic heterocycles. The highest BCUT2D eigenvalue weighted by atomic mass is 19.4. The molecular formula is C8H6F4O2. The number of alkyl halides is 3. The number of hydrogen-bond acceptors (Lipinski definition) is 2. The topological polar surface area (TPSA) is 18.5 Å². The molecule has 14 heavy (non-hydrogen) atoms. The molecule has 0 amide bonds. The van der Waals surface area contributed by atoms with Gasteiger partial charge in [-0.25, -0.2) is 4.39 Å². The van der Waals surface area contributed by atoms with E-state index in [0.717, 1.165) is 25.3 Å². The molecule has 1 aromatic carbocycles. The van der Waals surface area contributed by atoms with Gasteiger partial charge in [-0.15, -0.1) is 13.2 Å². The summed E-state index contributed by atoms with van der Waals surface area (Å²) in [6.45, 7) is 0. The molecule has 0 fully saturated rings. The lowest BCUT2D eigenvalue weighted by Gasteiger charge is -2.11. The molecule has 6 heteroatoms. The van der Waals surface area contributed by atoms with Crippen molar-refractivity contribution in [1.29, 1.82) is 0 Å². The zero-order valence-corrected chi connectivity index (χ0v) is 7.06. The van der Waals surface area contributed by atoms with E-state index >= 15 is 0 Å². The van der Waals surface area contributed by atoms with E-state index in [1.807, 2.05) is 0 Å². The van der Waals surface area contributed by atoms with E-state index in [0.29, 0.717) is 0 Å². The van der Waals surface area contributed by atoms with E-state index in [-0.39, 0.29) is 5.75 Å². The van der Waals surface area contributed by atoms with E-state index in [9.17, 15) is 17.6 Å². The Labute approximate surface area is 77.1 Å². The number of benzene rings is 1. The Balaban J connectivity index is 2.97. The molecule has 0 aliphatic rings. The fraction of sp³-hybridized carbons (Fsp3) is 0.250. The maximum Gasteiger partial charge on any atom is 0.573 e. The Morgan fingerprint density at radius 1 is 1.14 bits per heavy atom. The van der Waals surface area contributed by atoms with E-state index in [1.165, 1.54) is 0 Å². The highest BCUT2D eigenvalue weighted by molar-refractivity contribution is 5.40. The van der Waals surface area contributed by atoms with Gasteiger partial charge in [0.25, 0.3) is 0 Å². The highest BCUT2D eigenvalue weighted by Crippen LogP contribution is 2.32. The second kappa shape index (κ2) is 3.73. The van der Waals surface area contributed by atoms with Gasteiger partial charge in [-0.05, 0) is 12.1 Å². The van der Waals surface area contributed by atoms with Crippen molar-refractivity contribution in [3.8, 4) is 11.5 Å². The van der Waals surface area contributed by atoms with Crippen LogP contribution in [0.25, 0.3) is 0 Å². The average Bonchev–Trinajstić information content (AvgIpc) is 2.06. The van der Waals surface area contributed by atoms with Crippen LogP contribution in [0, 0.1) is 5.82 Å². The van der Waals surface area contributed by atoms with Crippen LogP contribution in [-0.4, -0.2) is 13.5 Å². The van der Waals surface area contributed by atoms with E-state index in [1.54, 1.807) is 0 Å². The fourth-order valence-electron chi connectivity index (χ4n) is 0.850. The predicted octanol–water partition coefficient (Wildman–Crippen LogP) is 2.73. The lowest BCUT2D eigenvalue weighted by molar-refractivity contribution is -0.275. The number of halogens is 4. The average molecular weight is 210 g/mol. The third-order valence-electron chi connectivity index (χ3n) is 1.35. The summed E-state index contributed by atoms with van der Waals surface area (Å²) in [7, 11) is 1.12. The number of rotatable bonds is 2. The minimum Gasteiger partial charge on any atom is -0.493 e. The second-order valence-electron chi connectivity index (χ2n) is 2.34. The Hall–Kier alpha value is -1.46. The summed E-state index contributed by atoms with van der Waals surface area (Å²) < 4.78 is 56.0. The molecule has 2 nitrogen and oxygen atoms in total. The third kappa shape index (κ3) is 2.79. The second-order valence-corrected chi connectivity index (χ2v) is 2.34. The molecule has 78 valence electrons. The fourth-order valence-corrected chi connectivity index (χ4v) is 0.850. The monoisotopic (exact) mass is 210 g/mol. The van der Waals surface area contributed by atoms with Gasteiger partial charge in [0, 0.05) is 6.07 Å². The van der Waals surface area contributed by atoms with Gasteiger partial charge in [0.15, 0.2) is 11.5 Å². The van der Waals surface area contributed by atoms with Gasteiger partial charge in [0.05, 0.1) is 7.11 Å². The third-order valence-corrected chi connectivity index (χ3v) is 1.35. The molecule has 0 bridgehead atoms. The van der Waals surface area contributed by atoms with Crippen LogP contribution in [0.2, 0.25) is 0 Å². The molecule has 0 aliphatic carbocycles. The Morgan fingerprint density at radius 3 is 2.29 bits per heavy atom. The van der Waals surface area contributed by atoms with Gasteiger partial charge in [-0.2, -0.15) is 0 Å². The Kier molecular flexibility index (Phi) is 2.83. The summed E-state index contributed by atoms with van der Waals surface area (Å²) in [5.74, 6) is -1.57. The molecule has 0 N–H and O–H groups in total. The van der Waals surface area contributed by atoms with E-state index in [2.05, 4.69) is 9.47 Å². The van der Waals surface area contributed by atoms with Crippen molar-refractivity contribution < 1.29 is 27.0 Å². The Morgan fingerprint density at radius 2 is 1.79 bits per heavy atom. The predicted molar refractivity (Wildman–Crippen MR) is 39.6 cm³/mol. The normalized spacial score (nSPS) is 11.2. The SMILES string of the molecule is COc1cc(F)ccc1OC(F)(F)F. The maximum absolute atomic E-state index is 12.6. The van der Waals surface area contributed by atoms with Gasteiger partial charge >= 0.3 is 6.36 Å². The lowest BCUT2D eigenvalue weighted by Crippen LogP contribution is -2.17. The summed E-state index contributed by atoms with van der Waals surface area (Å²) in [4.78, 5) is 0. The smallest absolute Gasteiger partial charge is 0.493 e. The van der Waals surface area contributed by atoms with Crippen LogP contribution >= 0.6 is 0 Å². The van der Waals surface area contributed by atoms with Crippen molar-refractivity contribution in [1.82, 2.24) is 0 Å². The first-order chi connectivity index (χ1) is 6.42. The number of ether oxygens (including phenoxy) is 2. The summed E-state index contributed by atoms with van der Waals surface area (Å²) in [6.07, 6.45) is -4.81. The standard InChI is InChI=1S/C8H6F4O2/c1-13-7-4-5(9)2-3-6(7)14-8(10,11)12/h2-4H,1H3. The first kappa shape index (κ1) is 10.6. The number of hydrogen-bond donors (Lipinski definition) is 0. The summed E-state index contributed by atoms with van der Waals surface area (Å²) in [5.41, 5.74) is 0. The number of methoxy groups -OCH3 is 1. The Bertz CT molecular complexity index is 322. The minimum absolute atomic E-state index is 0.303. The van der Waals surface area contributed by atoms with Gasteiger partial charge in [0.2, 0.25) is 0 Å². The van der Waals surface area contributed by atoms with Crippen LogP contribution in [0.5, 0.6) is 11.5 Å². The summed E-state index contributed by atoms with van der Waals surface area (Å²) in [6, 6.07) is 2.51. The van der Waals surface area contributed by atoms with Crippen molar-refractivity contribution in [2.24, 2.45) is 0 Å². The molecule has 0 radical (unpaired) electrons. The van der Waals surface area contributed by atoms with Gasteiger partial charge in [-0.1, -0.05) is 0 Å². The zero-order valence-electron chi connectivity index (χ0n) is 7.06. The quantitative estimate of drug-likeness (QED) is 0.698. The molecule has 0 aliphatic heterocycles. The molecule has 0 heterocycles. The molecule has 0 atom stereocenters. The molecular weight excluding hydrogens is 204 g/mol. The largest absolute Gasteiger partial charge is 0.573 e. The molecule has 1 rings (SSSR count). The highest BCUT2D eigenvalue weighted by Gasteiger charge is 2.32. The first-order valence-corrected chi connectivity index (χ1v) is 3.51. The lowest BCUT2D eigenvalue weighted by atomic mass is 10.3. The minimum atomic E-state index is -4.81. The van der Waals surface area contributed by atoms with E-state index < -0.39 is 17.9 Å².